The normalized spacial score (nSPS) is 18.0. The molecule has 0 amide bonds. The Balaban J connectivity index is 1.45. The van der Waals surface area contributed by atoms with Crippen LogP contribution in [-0.2, 0) is 6.18 Å². The quantitative estimate of drug-likeness (QED) is 0.482. The molecule has 33 heavy (non-hydrogen) atoms. The monoisotopic (exact) mass is 478 g/mol. The highest BCUT2D eigenvalue weighted by molar-refractivity contribution is 7.80. The van der Waals surface area contributed by atoms with Gasteiger partial charge >= 0.3 is 6.18 Å². The van der Waals surface area contributed by atoms with Crippen LogP contribution in [-0.4, -0.2) is 47.3 Å². The molecule has 1 saturated carbocycles. The second-order valence-corrected chi connectivity index (χ2v) is 8.94. The lowest BCUT2D eigenvalue weighted by Crippen LogP contribution is -2.47. The molecule has 1 saturated heterocycles. The Kier molecular flexibility index (Phi) is 7.52. The van der Waals surface area contributed by atoms with Crippen molar-refractivity contribution in [1.29, 1.82) is 0 Å². The van der Waals surface area contributed by atoms with E-state index in [1.807, 2.05) is 35.2 Å². The first-order valence-corrected chi connectivity index (χ1v) is 11.9. The summed E-state index contributed by atoms with van der Waals surface area (Å²) in [5.74, 6) is 0.126. The van der Waals surface area contributed by atoms with Crippen molar-refractivity contribution in [2.45, 2.75) is 50.7 Å². The Bertz CT molecular complexity index is 924. The van der Waals surface area contributed by atoms with E-state index in [0.717, 1.165) is 37.4 Å². The molecule has 1 aliphatic heterocycles. The molecule has 0 bridgehead atoms. The molecule has 4 rings (SSSR count). The molecule has 0 unspecified atom stereocenters. The van der Waals surface area contributed by atoms with Crippen molar-refractivity contribution < 1.29 is 13.2 Å². The Morgan fingerprint density at radius 3 is 2.18 bits per heavy atom. The van der Waals surface area contributed by atoms with Crippen molar-refractivity contribution in [3.63, 3.8) is 0 Å². The number of thiocarbonyl (C=S) groups is 1. The topological polar surface area (TPSA) is 56.3 Å². The van der Waals surface area contributed by atoms with Crippen LogP contribution in [0, 0.1) is 0 Å². The second kappa shape index (κ2) is 10.5. The van der Waals surface area contributed by atoms with Crippen molar-refractivity contribution in [3.05, 3.63) is 42.1 Å². The molecular weight excluding hydrogens is 449 g/mol. The largest absolute Gasteiger partial charge is 0.433 e. The van der Waals surface area contributed by atoms with Gasteiger partial charge in [0.2, 0.25) is 5.95 Å². The number of anilines is 3. The predicted molar refractivity (Wildman–Crippen MR) is 129 cm³/mol. The molecule has 0 radical (unpaired) electrons. The van der Waals surface area contributed by atoms with E-state index in [1.54, 1.807) is 0 Å². The van der Waals surface area contributed by atoms with Crippen LogP contribution in [0.2, 0.25) is 0 Å². The van der Waals surface area contributed by atoms with Crippen LogP contribution >= 0.6 is 12.2 Å². The Labute approximate surface area is 197 Å². The molecule has 1 aliphatic carbocycles. The second-order valence-electron chi connectivity index (χ2n) is 8.53. The summed E-state index contributed by atoms with van der Waals surface area (Å²) < 4.78 is 40.7. The predicted octanol–water partition coefficient (Wildman–Crippen LogP) is 4.83. The van der Waals surface area contributed by atoms with E-state index < -0.39 is 11.9 Å². The van der Waals surface area contributed by atoms with E-state index in [9.17, 15) is 13.2 Å². The zero-order chi connectivity index (χ0) is 23.3. The molecule has 0 atom stereocenters. The van der Waals surface area contributed by atoms with Gasteiger partial charge < -0.3 is 20.4 Å². The van der Waals surface area contributed by atoms with E-state index in [-0.39, 0.29) is 22.9 Å². The maximum atomic E-state index is 13.6. The molecule has 2 aliphatic rings. The van der Waals surface area contributed by atoms with Gasteiger partial charge in [-0.3, -0.25) is 0 Å². The molecule has 6 nitrogen and oxygen atoms in total. The highest BCUT2D eigenvalue weighted by Gasteiger charge is 2.34. The first-order valence-electron chi connectivity index (χ1n) is 11.5. The average Bonchev–Trinajstić information content (AvgIpc) is 3.07. The molecule has 1 aromatic carbocycles. The summed E-state index contributed by atoms with van der Waals surface area (Å²) in [6, 6.07) is 11.2. The van der Waals surface area contributed by atoms with Gasteiger partial charge in [-0.15, -0.1) is 0 Å². The van der Waals surface area contributed by atoms with E-state index in [4.69, 9.17) is 12.2 Å². The van der Waals surface area contributed by atoms with Gasteiger partial charge in [0.1, 0.15) is 5.82 Å². The van der Waals surface area contributed by atoms with Gasteiger partial charge in [-0.25, -0.2) is 4.98 Å². The third-order valence-corrected chi connectivity index (χ3v) is 6.36. The minimum absolute atomic E-state index is 0.128. The summed E-state index contributed by atoms with van der Waals surface area (Å²) in [6.45, 7) is 2.51. The third kappa shape index (κ3) is 6.46. The van der Waals surface area contributed by atoms with Gasteiger partial charge in [-0.05, 0) is 37.2 Å². The molecule has 2 heterocycles. The highest BCUT2D eigenvalue weighted by atomic mass is 32.1. The van der Waals surface area contributed by atoms with Crippen molar-refractivity contribution in [3.8, 4) is 0 Å². The number of alkyl halides is 3. The first-order chi connectivity index (χ1) is 15.9. The van der Waals surface area contributed by atoms with Crippen molar-refractivity contribution in [2.75, 3.05) is 41.3 Å². The fourth-order valence-electron chi connectivity index (χ4n) is 4.38. The number of hydrogen-bond donors (Lipinski definition) is 2. The number of nitrogens with one attached hydrogen (secondary N) is 2. The van der Waals surface area contributed by atoms with E-state index in [1.165, 1.54) is 12.8 Å². The van der Waals surface area contributed by atoms with Gasteiger partial charge in [-0.1, -0.05) is 43.9 Å². The number of rotatable bonds is 4. The molecule has 10 heteroatoms. The van der Waals surface area contributed by atoms with Crippen LogP contribution in [0.25, 0.3) is 0 Å². The summed E-state index contributed by atoms with van der Waals surface area (Å²) in [6.07, 6.45) is 2.09. The Morgan fingerprint density at radius 2 is 1.55 bits per heavy atom. The van der Waals surface area contributed by atoms with E-state index in [2.05, 4.69) is 25.5 Å². The van der Waals surface area contributed by atoms with Gasteiger partial charge in [0.25, 0.3) is 0 Å². The molecule has 178 valence electrons. The fourth-order valence-corrected chi connectivity index (χ4v) is 4.63. The Hall–Kier alpha value is -2.62. The lowest BCUT2D eigenvalue weighted by atomic mass is 10.1. The van der Waals surface area contributed by atoms with Crippen molar-refractivity contribution >= 4 is 34.8 Å². The smallest absolute Gasteiger partial charge is 0.368 e. The molecular formula is C23H29F3N6S. The maximum Gasteiger partial charge on any atom is 0.433 e. The first kappa shape index (κ1) is 23.5. The SMILES string of the molecule is FC(F)(F)c1cc(N2CCN(c3ccccc3)CC2)nc(NC(=S)NC2CCCCCC2)n1. The number of benzene rings is 1. The average molecular weight is 479 g/mol. The van der Waals surface area contributed by atoms with Crippen molar-refractivity contribution in [2.24, 2.45) is 0 Å². The van der Waals surface area contributed by atoms with Gasteiger partial charge in [0, 0.05) is 44.0 Å². The molecule has 1 aromatic heterocycles. The molecule has 2 aromatic rings. The Morgan fingerprint density at radius 1 is 0.909 bits per heavy atom. The highest BCUT2D eigenvalue weighted by Crippen LogP contribution is 2.31. The fraction of sp³-hybridized carbons (Fsp3) is 0.522. The number of piperazine rings is 1. The minimum atomic E-state index is -4.57. The maximum absolute atomic E-state index is 13.6. The summed E-state index contributed by atoms with van der Waals surface area (Å²) in [7, 11) is 0. The number of hydrogen-bond acceptors (Lipinski definition) is 5. The standard InChI is InChI=1S/C23H29F3N6S/c24-23(25,26)19-16-20(32-14-12-31(13-15-32)18-10-6-3-7-11-18)29-21(28-19)30-22(33)27-17-8-4-1-2-5-9-17/h3,6-7,10-11,16-17H,1-2,4-5,8-9,12-15H2,(H2,27,28,29,30,33). The van der Waals surface area contributed by atoms with E-state index >= 15 is 0 Å². The van der Waals surface area contributed by atoms with Gasteiger partial charge in [0.15, 0.2) is 10.8 Å². The van der Waals surface area contributed by atoms with Crippen LogP contribution in [0.15, 0.2) is 36.4 Å². The number of aromatic nitrogens is 2. The lowest BCUT2D eigenvalue weighted by molar-refractivity contribution is -0.141. The zero-order valence-electron chi connectivity index (χ0n) is 18.4. The zero-order valence-corrected chi connectivity index (χ0v) is 19.3. The third-order valence-electron chi connectivity index (χ3n) is 6.14. The summed E-state index contributed by atoms with van der Waals surface area (Å²) in [5, 5.41) is 6.29. The molecule has 0 spiro atoms. The van der Waals surface area contributed by atoms with Gasteiger partial charge in [0.05, 0.1) is 0 Å². The van der Waals surface area contributed by atoms with Gasteiger partial charge in [-0.2, -0.15) is 18.2 Å². The van der Waals surface area contributed by atoms with E-state index in [0.29, 0.717) is 26.2 Å². The molecule has 2 N–H and O–H groups in total. The van der Waals surface area contributed by atoms with Crippen LogP contribution in [0.3, 0.4) is 0 Å². The van der Waals surface area contributed by atoms with Crippen LogP contribution < -0.4 is 20.4 Å². The molecule has 2 fully saturated rings. The summed E-state index contributed by atoms with van der Waals surface area (Å²) in [4.78, 5) is 12.2. The van der Waals surface area contributed by atoms with Crippen LogP contribution in [0.1, 0.15) is 44.2 Å². The number of nitrogens with zero attached hydrogens (tertiary/aromatic N) is 4. The number of halogens is 3. The van der Waals surface area contributed by atoms with Crippen LogP contribution in [0.5, 0.6) is 0 Å². The lowest BCUT2D eigenvalue weighted by Gasteiger charge is -2.37. The minimum Gasteiger partial charge on any atom is -0.368 e. The summed E-state index contributed by atoms with van der Waals surface area (Å²) >= 11 is 5.36. The number of para-hydroxylation sites is 1. The summed E-state index contributed by atoms with van der Waals surface area (Å²) in [5.41, 5.74) is 0.130. The van der Waals surface area contributed by atoms with Crippen molar-refractivity contribution in [1.82, 2.24) is 15.3 Å². The van der Waals surface area contributed by atoms with Crippen LogP contribution in [0.4, 0.5) is 30.6 Å².